The smallest absolute Gasteiger partial charge is 0.252 e. The third-order valence-electron chi connectivity index (χ3n) is 8.06. The molecule has 1 aliphatic rings. The number of nitrogens with two attached hydrogens (primary N) is 1. The monoisotopic (exact) mass is 481 g/mol. The van der Waals surface area contributed by atoms with Crippen LogP contribution in [0.4, 0.5) is 11.4 Å². The number of nitrogens with one attached hydrogen (secondary N) is 1. The number of anilines is 2. The zero-order chi connectivity index (χ0) is 25.3. The van der Waals surface area contributed by atoms with Crippen molar-refractivity contribution >= 4 is 22.8 Å². The number of rotatable bonds is 8. The standard InChI is InChI=1S/C30H35N5O/c1-21-14-15-27(30(21,2)3)33-28-25(29(31)36)17-32-35-20-24(16-26(28)35)34(18-22-10-6-4-7-11-22)19-23-12-8-5-9-13-23/h4-13,16-17,20-21,27,33H,14-15,18-19H2,1-3H3,(H2,31,36)/t21-,27+/m0/s1. The van der Waals surface area contributed by atoms with Crippen molar-refractivity contribution in [3.63, 3.8) is 0 Å². The third-order valence-corrected chi connectivity index (χ3v) is 8.06. The molecule has 2 heterocycles. The number of aromatic nitrogens is 2. The molecule has 1 amide bonds. The third kappa shape index (κ3) is 4.68. The van der Waals surface area contributed by atoms with Crippen molar-refractivity contribution in [1.29, 1.82) is 0 Å². The number of carbonyl (C=O) groups is 1. The molecule has 6 nitrogen and oxygen atoms in total. The molecule has 6 heteroatoms. The summed E-state index contributed by atoms with van der Waals surface area (Å²) in [6.07, 6.45) is 5.85. The van der Waals surface area contributed by atoms with Crippen LogP contribution in [0.15, 0.2) is 79.1 Å². The van der Waals surface area contributed by atoms with Gasteiger partial charge in [0.15, 0.2) is 0 Å². The summed E-state index contributed by atoms with van der Waals surface area (Å²) in [5.41, 5.74) is 11.5. The van der Waals surface area contributed by atoms with Gasteiger partial charge in [-0.1, -0.05) is 81.4 Å². The van der Waals surface area contributed by atoms with Crippen LogP contribution in [0.5, 0.6) is 0 Å². The van der Waals surface area contributed by atoms with Crippen LogP contribution in [0, 0.1) is 11.3 Å². The van der Waals surface area contributed by atoms with Crippen molar-refractivity contribution in [3.8, 4) is 0 Å². The number of carbonyl (C=O) groups excluding carboxylic acids is 1. The van der Waals surface area contributed by atoms with Gasteiger partial charge >= 0.3 is 0 Å². The molecule has 0 aliphatic heterocycles. The molecule has 186 valence electrons. The van der Waals surface area contributed by atoms with E-state index in [4.69, 9.17) is 5.73 Å². The molecule has 0 bridgehead atoms. The molecule has 0 radical (unpaired) electrons. The van der Waals surface area contributed by atoms with E-state index < -0.39 is 5.91 Å². The lowest BCUT2D eigenvalue weighted by atomic mass is 9.80. The SMILES string of the molecule is C[C@H]1CC[C@@H](Nc2c(C(N)=O)cnn3cc(N(Cc4ccccc4)Cc4ccccc4)cc23)C1(C)C. The van der Waals surface area contributed by atoms with Crippen LogP contribution in [0.2, 0.25) is 0 Å². The minimum absolute atomic E-state index is 0.108. The number of hydrogen-bond donors (Lipinski definition) is 2. The van der Waals surface area contributed by atoms with Crippen LogP contribution in [0.3, 0.4) is 0 Å². The van der Waals surface area contributed by atoms with Crippen LogP contribution in [0.1, 0.15) is 55.1 Å². The second-order valence-electron chi connectivity index (χ2n) is 10.6. The highest BCUT2D eigenvalue weighted by Gasteiger charge is 2.41. The van der Waals surface area contributed by atoms with Gasteiger partial charge in [-0.05, 0) is 41.4 Å². The van der Waals surface area contributed by atoms with Crippen molar-refractivity contribution in [2.75, 3.05) is 10.2 Å². The number of primary amides is 1. The van der Waals surface area contributed by atoms with Gasteiger partial charge in [0.2, 0.25) is 0 Å². The second kappa shape index (κ2) is 9.69. The molecule has 2 atom stereocenters. The number of hydrogen-bond acceptors (Lipinski definition) is 4. The van der Waals surface area contributed by atoms with Crippen LogP contribution in [-0.2, 0) is 13.1 Å². The summed E-state index contributed by atoms with van der Waals surface area (Å²) in [7, 11) is 0. The maximum Gasteiger partial charge on any atom is 0.252 e. The summed E-state index contributed by atoms with van der Waals surface area (Å²) in [6.45, 7) is 8.42. The van der Waals surface area contributed by atoms with Crippen LogP contribution in [0.25, 0.3) is 5.52 Å². The molecule has 0 spiro atoms. The van der Waals surface area contributed by atoms with Crippen molar-refractivity contribution in [2.24, 2.45) is 17.1 Å². The lowest BCUT2D eigenvalue weighted by Crippen LogP contribution is -2.35. The summed E-state index contributed by atoms with van der Waals surface area (Å²) in [6, 6.07) is 23.3. The van der Waals surface area contributed by atoms with Gasteiger partial charge in [-0.25, -0.2) is 4.52 Å². The summed E-state index contributed by atoms with van der Waals surface area (Å²) in [5, 5.41) is 8.28. The average molecular weight is 482 g/mol. The van der Waals surface area contributed by atoms with E-state index in [-0.39, 0.29) is 11.5 Å². The number of fused-ring (bicyclic) bond motifs is 1. The Morgan fingerprint density at radius 2 is 1.67 bits per heavy atom. The Balaban J connectivity index is 1.56. The first-order chi connectivity index (χ1) is 17.3. The van der Waals surface area contributed by atoms with E-state index in [1.54, 1.807) is 6.20 Å². The first kappa shape index (κ1) is 23.9. The summed E-state index contributed by atoms with van der Waals surface area (Å²) in [5.74, 6) is 0.129. The minimum atomic E-state index is -0.468. The van der Waals surface area contributed by atoms with Gasteiger partial charge in [0.25, 0.3) is 5.91 Å². The Bertz CT molecular complexity index is 1300. The maximum absolute atomic E-state index is 12.4. The maximum atomic E-state index is 12.4. The molecular weight excluding hydrogens is 446 g/mol. The Kier molecular flexibility index (Phi) is 6.44. The van der Waals surface area contributed by atoms with Gasteiger partial charge < -0.3 is 16.0 Å². The van der Waals surface area contributed by atoms with Crippen molar-refractivity contribution in [2.45, 2.75) is 52.7 Å². The lowest BCUT2D eigenvalue weighted by molar-refractivity contribution is 0.100. The molecule has 1 fully saturated rings. The van der Waals surface area contributed by atoms with E-state index >= 15 is 0 Å². The van der Waals surface area contributed by atoms with Crippen LogP contribution < -0.4 is 16.0 Å². The molecule has 1 aliphatic carbocycles. The summed E-state index contributed by atoms with van der Waals surface area (Å²) >= 11 is 0. The second-order valence-corrected chi connectivity index (χ2v) is 10.6. The van der Waals surface area contributed by atoms with Crippen molar-refractivity contribution in [3.05, 3.63) is 95.8 Å². The van der Waals surface area contributed by atoms with Gasteiger partial charge in [0.1, 0.15) is 0 Å². The van der Waals surface area contributed by atoms with Crippen LogP contribution in [-0.4, -0.2) is 21.6 Å². The first-order valence-corrected chi connectivity index (χ1v) is 12.7. The zero-order valence-electron chi connectivity index (χ0n) is 21.3. The minimum Gasteiger partial charge on any atom is -0.379 e. The predicted molar refractivity (Wildman–Crippen MR) is 146 cm³/mol. The highest BCUT2D eigenvalue weighted by Crippen LogP contribution is 2.44. The van der Waals surface area contributed by atoms with Gasteiger partial charge in [-0.15, -0.1) is 0 Å². The molecule has 0 unspecified atom stereocenters. The molecule has 36 heavy (non-hydrogen) atoms. The fourth-order valence-electron chi connectivity index (χ4n) is 5.34. The first-order valence-electron chi connectivity index (χ1n) is 12.7. The summed E-state index contributed by atoms with van der Waals surface area (Å²) in [4.78, 5) is 14.8. The van der Waals surface area contributed by atoms with Gasteiger partial charge in [-0.2, -0.15) is 5.10 Å². The van der Waals surface area contributed by atoms with Crippen molar-refractivity contribution in [1.82, 2.24) is 9.61 Å². The normalized spacial score (nSPS) is 18.9. The Labute approximate surface area is 213 Å². The Morgan fingerprint density at radius 3 is 2.19 bits per heavy atom. The molecular formula is C30H35N5O. The molecule has 4 aromatic rings. The lowest BCUT2D eigenvalue weighted by Gasteiger charge is -2.33. The van der Waals surface area contributed by atoms with Crippen LogP contribution >= 0.6 is 0 Å². The topological polar surface area (TPSA) is 75.7 Å². The van der Waals surface area contributed by atoms with Gasteiger partial charge in [0, 0.05) is 19.1 Å². The Hall–Kier alpha value is -3.80. The van der Waals surface area contributed by atoms with Gasteiger partial charge in [-0.3, -0.25) is 4.79 Å². The Morgan fingerprint density at radius 1 is 1.06 bits per heavy atom. The summed E-state index contributed by atoms with van der Waals surface area (Å²) < 4.78 is 1.86. The zero-order valence-corrected chi connectivity index (χ0v) is 21.3. The van der Waals surface area contributed by atoms with Crippen molar-refractivity contribution < 1.29 is 4.79 Å². The van der Waals surface area contributed by atoms with E-state index in [9.17, 15) is 4.79 Å². The molecule has 2 aromatic heterocycles. The van der Waals surface area contributed by atoms with E-state index in [1.165, 1.54) is 11.1 Å². The fraction of sp³-hybridized carbons (Fsp3) is 0.333. The fourth-order valence-corrected chi connectivity index (χ4v) is 5.34. The molecule has 2 aromatic carbocycles. The van der Waals surface area contributed by atoms with E-state index in [0.717, 1.165) is 42.8 Å². The van der Waals surface area contributed by atoms with Gasteiger partial charge in [0.05, 0.1) is 34.8 Å². The van der Waals surface area contributed by atoms with E-state index in [2.05, 4.69) is 90.7 Å². The highest BCUT2D eigenvalue weighted by molar-refractivity contribution is 6.02. The molecule has 5 rings (SSSR count). The predicted octanol–water partition coefficient (Wildman–Crippen LogP) is 5.88. The quantitative estimate of drug-likeness (QED) is 0.330. The van der Waals surface area contributed by atoms with E-state index in [1.807, 2.05) is 22.8 Å². The number of amides is 1. The highest BCUT2D eigenvalue weighted by atomic mass is 16.1. The number of benzene rings is 2. The average Bonchev–Trinajstić information content (AvgIpc) is 3.41. The molecule has 0 saturated heterocycles. The largest absolute Gasteiger partial charge is 0.379 e. The van der Waals surface area contributed by atoms with E-state index in [0.29, 0.717) is 11.5 Å². The molecule has 1 saturated carbocycles. The number of nitrogens with zero attached hydrogens (tertiary/aromatic N) is 3. The molecule has 3 N–H and O–H groups in total.